The number of hydrogen-bond acceptors (Lipinski definition) is 5. The molecule has 0 fully saturated rings. The molecule has 0 spiro atoms. The number of aryl methyl sites for hydroxylation is 1. The zero-order valence-electron chi connectivity index (χ0n) is 11.5. The van der Waals surface area contributed by atoms with Crippen molar-refractivity contribution in [3.63, 3.8) is 0 Å². The summed E-state index contributed by atoms with van der Waals surface area (Å²) < 4.78 is 0. The summed E-state index contributed by atoms with van der Waals surface area (Å²) in [6.07, 6.45) is 2.52. The Bertz CT molecular complexity index is 368. The minimum atomic E-state index is 0.165. The van der Waals surface area contributed by atoms with Crippen molar-refractivity contribution < 1.29 is 5.11 Å². The molecule has 1 aromatic heterocycles. The fourth-order valence-corrected chi connectivity index (χ4v) is 1.83. The summed E-state index contributed by atoms with van der Waals surface area (Å²) in [4.78, 5) is 8.64. The van der Waals surface area contributed by atoms with Gasteiger partial charge in [0.2, 0.25) is 0 Å². The smallest absolute Gasteiger partial charge is 0.133 e. The molecule has 1 atom stereocenters. The van der Waals surface area contributed by atoms with E-state index in [9.17, 15) is 0 Å². The van der Waals surface area contributed by atoms with Crippen molar-refractivity contribution in [2.75, 3.05) is 17.7 Å². The first kappa shape index (κ1) is 14.7. The van der Waals surface area contributed by atoms with Crippen LogP contribution in [0.25, 0.3) is 0 Å². The quantitative estimate of drug-likeness (QED) is 0.689. The zero-order chi connectivity index (χ0) is 13.5. The van der Waals surface area contributed by atoms with Gasteiger partial charge in [-0.25, -0.2) is 9.97 Å². The highest BCUT2D eigenvalue weighted by atomic mass is 16.3. The maximum absolute atomic E-state index is 9.06. The molecule has 0 aliphatic rings. The Morgan fingerprint density at radius 3 is 2.67 bits per heavy atom. The first-order chi connectivity index (χ1) is 8.56. The van der Waals surface area contributed by atoms with Crippen molar-refractivity contribution in [3.8, 4) is 0 Å². The third kappa shape index (κ3) is 4.49. The zero-order valence-corrected chi connectivity index (χ0v) is 11.5. The van der Waals surface area contributed by atoms with Crippen molar-refractivity contribution in [2.45, 2.75) is 46.1 Å². The molecule has 1 aromatic rings. The largest absolute Gasteiger partial charge is 0.396 e. The molecule has 5 nitrogen and oxygen atoms in total. The van der Waals surface area contributed by atoms with Crippen LogP contribution in [0.1, 0.15) is 39.4 Å². The fourth-order valence-electron chi connectivity index (χ4n) is 1.83. The topological polar surface area (TPSA) is 84.1 Å². The molecule has 0 aliphatic heterocycles. The van der Waals surface area contributed by atoms with E-state index in [2.05, 4.69) is 36.1 Å². The van der Waals surface area contributed by atoms with Crippen molar-refractivity contribution >= 4 is 11.6 Å². The number of nitrogens with two attached hydrogens (primary N) is 1. The normalized spacial score (nSPS) is 12.7. The molecule has 5 heteroatoms. The van der Waals surface area contributed by atoms with E-state index >= 15 is 0 Å². The summed E-state index contributed by atoms with van der Waals surface area (Å²) in [5, 5.41) is 12.4. The van der Waals surface area contributed by atoms with E-state index in [4.69, 9.17) is 10.8 Å². The fraction of sp³-hybridized carbons (Fsp3) is 0.692. The van der Waals surface area contributed by atoms with Crippen LogP contribution in [0.3, 0.4) is 0 Å². The summed E-state index contributed by atoms with van der Waals surface area (Å²) in [5.74, 6) is 2.43. The molecule has 102 valence electrons. The number of aromatic nitrogens is 2. The summed E-state index contributed by atoms with van der Waals surface area (Å²) in [6.45, 7) is 6.48. The lowest BCUT2D eigenvalue weighted by molar-refractivity contribution is 0.267. The van der Waals surface area contributed by atoms with Crippen LogP contribution in [0.4, 0.5) is 11.6 Å². The molecule has 0 saturated carbocycles. The van der Waals surface area contributed by atoms with Gasteiger partial charge in [-0.3, -0.25) is 0 Å². The number of nitrogens with zero attached hydrogens (tertiary/aromatic N) is 2. The van der Waals surface area contributed by atoms with E-state index in [1.165, 1.54) is 0 Å². The molecule has 1 rings (SSSR count). The molecule has 0 aliphatic carbocycles. The van der Waals surface area contributed by atoms with E-state index in [0.717, 1.165) is 24.5 Å². The minimum Gasteiger partial charge on any atom is -0.396 e. The second kappa shape index (κ2) is 7.16. The molecule has 0 aromatic carbocycles. The first-order valence-electron chi connectivity index (χ1n) is 6.57. The summed E-state index contributed by atoms with van der Waals surface area (Å²) in [5.41, 5.74) is 5.77. The van der Waals surface area contributed by atoms with Gasteiger partial charge < -0.3 is 16.2 Å². The van der Waals surface area contributed by atoms with E-state index < -0.39 is 0 Å². The average molecular weight is 252 g/mol. The predicted octanol–water partition coefficient (Wildman–Crippen LogP) is 1.83. The monoisotopic (exact) mass is 252 g/mol. The Morgan fingerprint density at radius 2 is 2.11 bits per heavy atom. The lowest BCUT2D eigenvalue weighted by atomic mass is 10.0. The summed E-state index contributed by atoms with van der Waals surface area (Å²) >= 11 is 0. The van der Waals surface area contributed by atoms with Crippen LogP contribution < -0.4 is 11.1 Å². The average Bonchev–Trinajstić information content (AvgIpc) is 2.28. The van der Waals surface area contributed by atoms with E-state index in [1.807, 2.05) is 0 Å². The van der Waals surface area contributed by atoms with Gasteiger partial charge in [-0.05, 0) is 18.8 Å². The number of nitrogens with one attached hydrogen (secondary N) is 1. The SMILES string of the molecule is CCCc1nc(N)cc(NC(CCO)C(C)C)n1. The van der Waals surface area contributed by atoms with Crippen LogP contribution in [0.5, 0.6) is 0 Å². The Labute approximate surface area is 109 Å². The molecular weight excluding hydrogens is 228 g/mol. The standard InChI is InChI=1S/C13H24N4O/c1-4-5-12-16-11(14)8-13(17-12)15-10(6-7-18)9(2)3/h8-10,18H,4-7H2,1-3H3,(H3,14,15,16,17). The summed E-state index contributed by atoms with van der Waals surface area (Å²) in [7, 11) is 0. The molecule has 18 heavy (non-hydrogen) atoms. The highest BCUT2D eigenvalue weighted by Gasteiger charge is 2.13. The maximum atomic E-state index is 9.06. The number of hydrogen-bond donors (Lipinski definition) is 3. The van der Waals surface area contributed by atoms with E-state index in [-0.39, 0.29) is 12.6 Å². The van der Waals surface area contributed by atoms with Gasteiger partial charge in [0.05, 0.1) is 0 Å². The van der Waals surface area contributed by atoms with Crippen molar-refractivity contribution in [2.24, 2.45) is 5.92 Å². The Kier molecular flexibility index (Phi) is 5.85. The van der Waals surface area contributed by atoms with Gasteiger partial charge in [0.25, 0.3) is 0 Å². The van der Waals surface area contributed by atoms with Crippen molar-refractivity contribution in [3.05, 3.63) is 11.9 Å². The lowest BCUT2D eigenvalue weighted by Gasteiger charge is -2.22. The molecule has 4 N–H and O–H groups in total. The van der Waals surface area contributed by atoms with E-state index in [0.29, 0.717) is 18.2 Å². The number of aliphatic hydroxyl groups excluding tert-OH is 1. The minimum absolute atomic E-state index is 0.165. The van der Waals surface area contributed by atoms with Gasteiger partial charge in [-0.2, -0.15) is 0 Å². The lowest BCUT2D eigenvalue weighted by Crippen LogP contribution is -2.27. The Morgan fingerprint density at radius 1 is 1.39 bits per heavy atom. The summed E-state index contributed by atoms with van der Waals surface area (Å²) in [6, 6.07) is 1.94. The van der Waals surface area contributed by atoms with E-state index in [1.54, 1.807) is 6.07 Å². The third-order valence-electron chi connectivity index (χ3n) is 2.84. The van der Waals surface area contributed by atoms with Crippen LogP contribution in [0.2, 0.25) is 0 Å². The van der Waals surface area contributed by atoms with Crippen LogP contribution in [-0.4, -0.2) is 27.7 Å². The highest BCUT2D eigenvalue weighted by Crippen LogP contribution is 2.15. The van der Waals surface area contributed by atoms with Crippen molar-refractivity contribution in [1.82, 2.24) is 9.97 Å². The molecule has 1 unspecified atom stereocenters. The second-order valence-corrected chi connectivity index (χ2v) is 4.85. The second-order valence-electron chi connectivity index (χ2n) is 4.85. The molecule has 0 saturated heterocycles. The molecule has 0 radical (unpaired) electrons. The Balaban J connectivity index is 2.81. The van der Waals surface area contributed by atoms with Crippen molar-refractivity contribution in [1.29, 1.82) is 0 Å². The number of rotatable bonds is 7. The molecule has 0 amide bonds. The number of aliphatic hydroxyl groups is 1. The Hall–Kier alpha value is -1.36. The highest BCUT2D eigenvalue weighted by molar-refractivity contribution is 5.45. The maximum Gasteiger partial charge on any atom is 0.133 e. The van der Waals surface area contributed by atoms with Gasteiger partial charge in [-0.1, -0.05) is 20.8 Å². The molecular formula is C13H24N4O. The van der Waals surface area contributed by atoms with Gasteiger partial charge in [-0.15, -0.1) is 0 Å². The van der Waals surface area contributed by atoms with Crippen LogP contribution in [0, 0.1) is 5.92 Å². The number of nitrogen functional groups attached to an aromatic ring is 1. The molecule has 0 bridgehead atoms. The first-order valence-corrected chi connectivity index (χ1v) is 6.57. The van der Waals surface area contributed by atoms with Gasteiger partial charge in [0.1, 0.15) is 17.5 Å². The van der Waals surface area contributed by atoms with Gasteiger partial charge in [0, 0.05) is 25.1 Å². The van der Waals surface area contributed by atoms with Gasteiger partial charge >= 0.3 is 0 Å². The van der Waals surface area contributed by atoms with Crippen LogP contribution in [-0.2, 0) is 6.42 Å². The predicted molar refractivity (Wildman–Crippen MR) is 74.4 cm³/mol. The van der Waals surface area contributed by atoms with Crippen LogP contribution in [0.15, 0.2) is 6.07 Å². The van der Waals surface area contributed by atoms with Gasteiger partial charge in [0.15, 0.2) is 0 Å². The third-order valence-corrected chi connectivity index (χ3v) is 2.84. The molecule has 1 heterocycles. The number of anilines is 2. The van der Waals surface area contributed by atoms with Crippen LogP contribution >= 0.6 is 0 Å².